The van der Waals surface area contributed by atoms with Crippen LogP contribution < -0.4 is 20.3 Å². The number of benzene rings is 1. The number of thiazole rings is 1. The molecule has 2 aromatic rings. The fourth-order valence-electron chi connectivity index (χ4n) is 3.25. The van der Waals surface area contributed by atoms with Crippen LogP contribution >= 0.6 is 11.3 Å². The van der Waals surface area contributed by atoms with Crippen LogP contribution in [0.2, 0.25) is 0 Å². The van der Waals surface area contributed by atoms with Crippen molar-refractivity contribution in [1.29, 1.82) is 0 Å². The summed E-state index contributed by atoms with van der Waals surface area (Å²) in [6.07, 6.45) is 3.44. The van der Waals surface area contributed by atoms with E-state index < -0.39 is 0 Å². The van der Waals surface area contributed by atoms with Crippen molar-refractivity contribution in [2.75, 3.05) is 31.6 Å². The molecule has 158 valence electrons. The maximum Gasteiger partial charge on any atom is 0.191 e. The highest BCUT2D eigenvalue weighted by Gasteiger charge is 2.16. The number of hydrogen-bond donors (Lipinski definition) is 2. The Labute approximate surface area is 178 Å². The van der Waals surface area contributed by atoms with Gasteiger partial charge in [-0.1, -0.05) is 18.2 Å². The fraction of sp³-hybridized carbons (Fsp3) is 0.545. The number of guanidine groups is 1. The predicted octanol–water partition coefficient (Wildman–Crippen LogP) is 3.83. The number of aromatic nitrogens is 1. The van der Waals surface area contributed by atoms with E-state index >= 15 is 0 Å². The molecular formula is C22H33N5OS. The van der Waals surface area contributed by atoms with Crippen LogP contribution in [-0.4, -0.2) is 43.2 Å². The molecule has 6 nitrogen and oxygen atoms in total. The van der Waals surface area contributed by atoms with E-state index in [1.54, 1.807) is 18.4 Å². The minimum Gasteiger partial charge on any atom is -0.488 e. The number of aliphatic imine (C=N–C) groups is 1. The van der Waals surface area contributed by atoms with Gasteiger partial charge < -0.3 is 20.3 Å². The van der Waals surface area contributed by atoms with Crippen LogP contribution in [0.15, 0.2) is 34.6 Å². The van der Waals surface area contributed by atoms with Crippen LogP contribution in [0.4, 0.5) is 5.13 Å². The molecule has 0 amide bonds. The lowest BCUT2D eigenvalue weighted by Crippen LogP contribution is -2.38. The van der Waals surface area contributed by atoms with E-state index in [2.05, 4.69) is 52.7 Å². The highest BCUT2D eigenvalue weighted by Crippen LogP contribution is 2.24. The lowest BCUT2D eigenvalue weighted by molar-refractivity contribution is 0.129. The molecule has 1 fully saturated rings. The minimum atomic E-state index is -0.225. The van der Waals surface area contributed by atoms with Gasteiger partial charge in [0.1, 0.15) is 11.4 Å². The SMILES string of the molecule is CN=C(NCCc1csc(N2CCCC2)n1)NCc1ccccc1OC(C)(C)C. The zero-order chi connectivity index (χ0) is 20.7. The quantitative estimate of drug-likeness (QED) is 0.532. The van der Waals surface area contributed by atoms with E-state index in [-0.39, 0.29) is 5.60 Å². The number of ether oxygens (including phenoxy) is 1. The molecule has 0 radical (unpaired) electrons. The first kappa shape index (κ1) is 21.4. The van der Waals surface area contributed by atoms with Crippen molar-refractivity contribution in [3.05, 3.63) is 40.9 Å². The molecule has 0 unspecified atom stereocenters. The second kappa shape index (κ2) is 9.96. The second-order valence-corrected chi connectivity index (χ2v) is 9.08. The third kappa shape index (κ3) is 6.63. The molecule has 1 aromatic heterocycles. The van der Waals surface area contributed by atoms with Crippen molar-refractivity contribution in [3.8, 4) is 5.75 Å². The Balaban J connectivity index is 1.47. The van der Waals surface area contributed by atoms with Gasteiger partial charge in [-0.2, -0.15) is 0 Å². The molecule has 0 spiro atoms. The summed E-state index contributed by atoms with van der Waals surface area (Å²) in [6.45, 7) is 9.91. The largest absolute Gasteiger partial charge is 0.488 e. The Hall–Kier alpha value is -2.28. The van der Waals surface area contributed by atoms with Crippen molar-refractivity contribution in [2.24, 2.45) is 4.99 Å². The number of anilines is 1. The lowest BCUT2D eigenvalue weighted by Gasteiger charge is -2.23. The third-order valence-corrected chi connectivity index (χ3v) is 5.60. The van der Waals surface area contributed by atoms with Crippen LogP contribution in [0.1, 0.15) is 44.9 Å². The van der Waals surface area contributed by atoms with Crippen LogP contribution in [0.25, 0.3) is 0 Å². The van der Waals surface area contributed by atoms with Crippen molar-refractivity contribution < 1.29 is 4.74 Å². The molecule has 29 heavy (non-hydrogen) atoms. The molecular weight excluding hydrogens is 382 g/mol. The maximum atomic E-state index is 6.07. The summed E-state index contributed by atoms with van der Waals surface area (Å²) in [4.78, 5) is 11.5. The maximum absolute atomic E-state index is 6.07. The first-order valence-electron chi connectivity index (χ1n) is 10.4. The van der Waals surface area contributed by atoms with Gasteiger partial charge in [0.2, 0.25) is 0 Å². The molecule has 7 heteroatoms. The molecule has 0 aliphatic carbocycles. The Morgan fingerprint density at radius 1 is 1.21 bits per heavy atom. The van der Waals surface area contributed by atoms with Crippen molar-refractivity contribution in [2.45, 2.75) is 52.2 Å². The Kier molecular flexibility index (Phi) is 7.36. The number of nitrogens with one attached hydrogen (secondary N) is 2. The van der Waals surface area contributed by atoms with E-state index in [4.69, 9.17) is 9.72 Å². The molecule has 3 rings (SSSR count). The second-order valence-electron chi connectivity index (χ2n) is 8.24. The molecule has 1 aliphatic rings. The van der Waals surface area contributed by atoms with Gasteiger partial charge in [0.25, 0.3) is 0 Å². The standard InChI is InChI=1S/C22H33N5OS/c1-22(2,3)28-19-10-6-5-9-17(19)15-25-20(23-4)24-12-11-18-16-29-21(26-18)27-13-7-8-14-27/h5-6,9-10,16H,7-8,11-15H2,1-4H3,(H2,23,24,25). The average Bonchev–Trinajstić information content (AvgIpc) is 3.36. The lowest BCUT2D eigenvalue weighted by atomic mass is 10.1. The highest BCUT2D eigenvalue weighted by molar-refractivity contribution is 7.13. The minimum absolute atomic E-state index is 0.225. The first-order chi connectivity index (χ1) is 13.9. The Bertz CT molecular complexity index is 806. The van der Waals surface area contributed by atoms with Gasteiger partial charge in [-0.3, -0.25) is 4.99 Å². The zero-order valence-electron chi connectivity index (χ0n) is 18.0. The van der Waals surface area contributed by atoms with Crippen molar-refractivity contribution >= 4 is 22.4 Å². The number of hydrogen-bond acceptors (Lipinski definition) is 5. The van der Waals surface area contributed by atoms with E-state index in [1.165, 1.54) is 12.8 Å². The van der Waals surface area contributed by atoms with Gasteiger partial charge in [0.15, 0.2) is 11.1 Å². The summed E-state index contributed by atoms with van der Waals surface area (Å²) >= 11 is 1.75. The third-order valence-electron chi connectivity index (χ3n) is 4.65. The Morgan fingerprint density at radius 3 is 2.69 bits per heavy atom. The predicted molar refractivity (Wildman–Crippen MR) is 122 cm³/mol. The van der Waals surface area contributed by atoms with Gasteiger partial charge in [0.05, 0.1) is 5.69 Å². The number of nitrogens with zero attached hydrogens (tertiary/aromatic N) is 3. The fourth-order valence-corrected chi connectivity index (χ4v) is 4.17. The highest BCUT2D eigenvalue weighted by atomic mass is 32.1. The van der Waals surface area contributed by atoms with Gasteiger partial charge in [-0.15, -0.1) is 11.3 Å². The molecule has 0 atom stereocenters. The normalized spacial score (nSPS) is 14.9. The monoisotopic (exact) mass is 415 g/mol. The molecule has 2 N–H and O–H groups in total. The average molecular weight is 416 g/mol. The summed E-state index contributed by atoms with van der Waals surface area (Å²) in [5.41, 5.74) is 2.03. The number of para-hydroxylation sites is 1. The van der Waals surface area contributed by atoms with Gasteiger partial charge in [-0.05, 0) is 39.7 Å². The molecule has 1 aliphatic heterocycles. The van der Waals surface area contributed by atoms with Gasteiger partial charge in [0, 0.05) is 50.6 Å². The van der Waals surface area contributed by atoms with E-state index in [0.29, 0.717) is 6.54 Å². The van der Waals surface area contributed by atoms with Crippen LogP contribution in [0, 0.1) is 0 Å². The topological polar surface area (TPSA) is 61.8 Å². The van der Waals surface area contributed by atoms with Crippen molar-refractivity contribution in [3.63, 3.8) is 0 Å². The Morgan fingerprint density at radius 2 is 1.97 bits per heavy atom. The van der Waals surface area contributed by atoms with E-state index in [1.807, 2.05) is 18.2 Å². The van der Waals surface area contributed by atoms with Crippen LogP contribution in [0.3, 0.4) is 0 Å². The summed E-state index contributed by atoms with van der Waals surface area (Å²) < 4.78 is 6.07. The molecule has 0 saturated carbocycles. The molecule has 1 aromatic carbocycles. The molecule has 2 heterocycles. The summed E-state index contributed by atoms with van der Waals surface area (Å²) in [7, 11) is 1.79. The smallest absolute Gasteiger partial charge is 0.191 e. The van der Waals surface area contributed by atoms with E-state index in [9.17, 15) is 0 Å². The van der Waals surface area contributed by atoms with Gasteiger partial charge in [-0.25, -0.2) is 4.98 Å². The van der Waals surface area contributed by atoms with Gasteiger partial charge >= 0.3 is 0 Å². The van der Waals surface area contributed by atoms with Crippen LogP contribution in [0.5, 0.6) is 5.75 Å². The van der Waals surface area contributed by atoms with Crippen molar-refractivity contribution in [1.82, 2.24) is 15.6 Å². The summed E-state index contributed by atoms with van der Waals surface area (Å²) in [5.74, 6) is 1.69. The summed E-state index contributed by atoms with van der Waals surface area (Å²) in [5, 5.41) is 10.1. The van der Waals surface area contributed by atoms with E-state index in [0.717, 1.165) is 54.2 Å². The molecule has 1 saturated heterocycles. The first-order valence-corrected chi connectivity index (χ1v) is 11.2. The molecule has 0 bridgehead atoms. The zero-order valence-corrected chi connectivity index (χ0v) is 18.8. The van der Waals surface area contributed by atoms with Crippen LogP contribution in [-0.2, 0) is 13.0 Å². The summed E-state index contributed by atoms with van der Waals surface area (Å²) in [6, 6.07) is 8.12. The number of rotatable bonds is 7.